The number of aryl methyl sites for hydroxylation is 2. The van der Waals surface area contributed by atoms with Crippen molar-refractivity contribution in [1.29, 1.82) is 0 Å². The van der Waals surface area contributed by atoms with Crippen molar-refractivity contribution in [2.24, 2.45) is 0 Å². The zero-order valence-corrected chi connectivity index (χ0v) is 12.8. The highest BCUT2D eigenvalue weighted by Crippen LogP contribution is 2.18. The molecule has 0 saturated carbocycles. The summed E-state index contributed by atoms with van der Waals surface area (Å²) in [5.74, 6) is 0.559. The minimum absolute atomic E-state index is 0.120. The average Bonchev–Trinajstić information content (AvgIpc) is 2.83. The van der Waals surface area contributed by atoms with Crippen LogP contribution in [0.3, 0.4) is 0 Å². The van der Waals surface area contributed by atoms with Crippen LogP contribution in [0.2, 0.25) is 0 Å². The van der Waals surface area contributed by atoms with Crippen LogP contribution in [0.25, 0.3) is 0 Å². The molecule has 0 saturated heterocycles. The van der Waals surface area contributed by atoms with Crippen molar-refractivity contribution in [2.45, 2.75) is 33.2 Å². The molecule has 116 valence electrons. The predicted octanol–water partition coefficient (Wildman–Crippen LogP) is 2.50. The summed E-state index contributed by atoms with van der Waals surface area (Å²) in [5, 5.41) is 9.16. The van der Waals surface area contributed by atoms with Gasteiger partial charge in [0, 0.05) is 13.0 Å². The Bertz CT molecular complexity index is 662. The fourth-order valence-electron chi connectivity index (χ4n) is 2.10. The SMILES string of the molecule is CC(=O)NC(CC(=O)Nc1cc(C)on1)c1ccc(C)cc1. The molecule has 6 heteroatoms. The summed E-state index contributed by atoms with van der Waals surface area (Å²) < 4.78 is 4.90. The number of carbonyl (C=O) groups is 2. The van der Waals surface area contributed by atoms with Gasteiger partial charge < -0.3 is 15.2 Å². The van der Waals surface area contributed by atoms with E-state index in [1.807, 2.05) is 31.2 Å². The van der Waals surface area contributed by atoms with Gasteiger partial charge in [0.15, 0.2) is 5.82 Å². The fraction of sp³-hybridized carbons (Fsp3) is 0.312. The molecule has 2 amide bonds. The molecule has 0 aliphatic rings. The zero-order valence-electron chi connectivity index (χ0n) is 12.8. The Morgan fingerprint density at radius 1 is 1.23 bits per heavy atom. The van der Waals surface area contributed by atoms with E-state index in [1.54, 1.807) is 13.0 Å². The van der Waals surface area contributed by atoms with Crippen molar-refractivity contribution in [3.8, 4) is 0 Å². The highest BCUT2D eigenvalue weighted by Gasteiger charge is 2.18. The van der Waals surface area contributed by atoms with Crippen molar-refractivity contribution in [1.82, 2.24) is 10.5 Å². The van der Waals surface area contributed by atoms with Crippen LogP contribution in [0.15, 0.2) is 34.9 Å². The highest BCUT2D eigenvalue weighted by atomic mass is 16.5. The van der Waals surface area contributed by atoms with E-state index in [1.165, 1.54) is 6.92 Å². The number of benzene rings is 1. The first-order valence-electron chi connectivity index (χ1n) is 7.01. The maximum Gasteiger partial charge on any atom is 0.228 e. The lowest BCUT2D eigenvalue weighted by Crippen LogP contribution is -2.29. The van der Waals surface area contributed by atoms with E-state index >= 15 is 0 Å². The van der Waals surface area contributed by atoms with Gasteiger partial charge in [-0.25, -0.2) is 0 Å². The summed E-state index contributed by atoms with van der Waals surface area (Å²) in [5.41, 5.74) is 2.00. The number of hydrogen-bond acceptors (Lipinski definition) is 4. The number of anilines is 1. The molecule has 2 N–H and O–H groups in total. The summed E-state index contributed by atoms with van der Waals surface area (Å²) in [7, 11) is 0. The Balaban J connectivity index is 2.07. The zero-order chi connectivity index (χ0) is 16.1. The van der Waals surface area contributed by atoms with Crippen LogP contribution in [-0.2, 0) is 9.59 Å². The Hall–Kier alpha value is -2.63. The molecule has 6 nitrogen and oxygen atoms in total. The van der Waals surface area contributed by atoms with Gasteiger partial charge in [0.05, 0.1) is 12.5 Å². The van der Waals surface area contributed by atoms with Crippen molar-refractivity contribution in [3.63, 3.8) is 0 Å². The number of amides is 2. The fourth-order valence-corrected chi connectivity index (χ4v) is 2.10. The molecular formula is C16H19N3O3. The summed E-state index contributed by atoms with van der Waals surface area (Å²) in [4.78, 5) is 23.5. The van der Waals surface area contributed by atoms with Crippen molar-refractivity contribution in [2.75, 3.05) is 5.32 Å². The van der Waals surface area contributed by atoms with Gasteiger partial charge >= 0.3 is 0 Å². The minimum Gasteiger partial charge on any atom is -0.360 e. The molecule has 1 aromatic carbocycles. The third-order valence-electron chi connectivity index (χ3n) is 3.14. The monoisotopic (exact) mass is 301 g/mol. The Labute approximate surface area is 128 Å². The van der Waals surface area contributed by atoms with Gasteiger partial charge in [0.25, 0.3) is 0 Å². The molecule has 1 atom stereocenters. The molecule has 0 spiro atoms. The van der Waals surface area contributed by atoms with Crippen molar-refractivity contribution >= 4 is 17.6 Å². The van der Waals surface area contributed by atoms with Crippen LogP contribution in [0.1, 0.15) is 36.3 Å². The smallest absolute Gasteiger partial charge is 0.228 e. The van der Waals surface area contributed by atoms with E-state index in [2.05, 4.69) is 15.8 Å². The maximum absolute atomic E-state index is 12.1. The molecule has 0 aliphatic heterocycles. The van der Waals surface area contributed by atoms with Gasteiger partial charge in [-0.1, -0.05) is 35.0 Å². The van der Waals surface area contributed by atoms with Gasteiger partial charge in [0.2, 0.25) is 11.8 Å². The first kappa shape index (κ1) is 15.8. The maximum atomic E-state index is 12.1. The lowest BCUT2D eigenvalue weighted by molar-refractivity contribution is -0.120. The molecule has 0 aliphatic carbocycles. The second-order valence-corrected chi connectivity index (χ2v) is 5.24. The number of nitrogens with one attached hydrogen (secondary N) is 2. The molecular weight excluding hydrogens is 282 g/mol. The molecule has 0 fully saturated rings. The quantitative estimate of drug-likeness (QED) is 0.888. The Morgan fingerprint density at radius 3 is 2.45 bits per heavy atom. The van der Waals surface area contributed by atoms with Crippen molar-refractivity contribution < 1.29 is 14.1 Å². The number of rotatable bonds is 5. The summed E-state index contributed by atoms with van der Waals surface area (Å²) in [6.45, 7) is 5.16. The Morgan fingerprint density at radius 2 is 1.91 bits per heavy atom. The van der Waals surface area contributed by atoms with E-state index in [0.29, 0.717) is 11.6 Å². The summed E-state index contributed by atoms with van der Waals surface area (Å²) in [6.07, 6.45) is 0.120. The molecule has 1 unspecified atom stereocenters. The lowest BCUT2D eigenvalue weighted by Gasteiger charge is -2.18. The summed E-state index contributed by atoms with van der Waals surface area (Å²) in [6, 6.07) is 8.96. The lowest BCUT2D eigenvalue weighted by atomic mass is 10.0. The molecule has 2 rings (SSSR count). The van der Waals surface area contributed by atoms with Crippen molar-refractivity contribution in [3.05, 3.63) is 47.2 Å². The predicted molar refractivity (Wildman–Crippen MR) is 82.2 cm³/mol. The van der Waals surface area contributed by atoms with Crippen LogP contribution in [-0.4, -0.2) is 17.0 Å². The summed E-state index contributed by atoms with van der Waals surface area (Å²) >= 11 is 0. The third-order valence-corrected chi connectivity index (χ3v) is 3.14. The van der Waals surface area contributed by atoms with E-state index < -0.39 is 0 Å². The van der Waals surface area contributed by atoms with Gasteiger partial charge in [-0.15, -0.1) is 0 Å². The second kappa shape index (κ2) is 6.89. The van der Waals surface area contributed by atoms with Crippen LogP contribution in [0.4, 0.5) is 5.82 Å². The number of hydrogen-bond donors (Lipinski definition) is 2. The van der Waals surface area contributed by atoms with Crippen LogP contribution in [0.5, 0.6) is 0 Å². The first-order chi connectivity index (χ1) is 10.4. The largest absolute Gasteiger partial charge is 0.360 e. The number of aromatic nitrogens is 1. The van der Waals surface area contributed by atoms with Crippen LogP contribution >= 0.6 is 0 Å². The molecule has 0 radical (unpaired) electrons. The van der Waals surface area contributed by atoms with E-state index in [9.17, 15) is 9.59 Å². The average molecular weight is 301 g/mol. The van der Waals surface area contributed by atoms with Gasteiger partial charge in [0.1, 0.15) is 5.76 Å². The van der Waals surface area contributed by atoms with E-state index in [0.717, 1.165) is 11.1 Å². The normalized spacial score (nSPS) is 11.8. The van der Waals surface area contributed by atoms with E-state index in [-0.39, 0.29) is 24.3 Å². The standard InChI is InChI=1S/C16H19N3O3/c1-10-4-6-13(7-5-10)14(17-12(3)20)9-16(21)18-15-8-11(2)22-19-15/h4-8,14H,9H2,1-3H3,(H,17,20)(H,18,19,21). The molecule has 2 aromatic rings. The number of nitrogens with zero attached hydrogens (tertiary/aromatic N) is 1. The van der Waals surface area contributed by atoms with Gasteiger partial charge in [-0.2, -0.15) is 0 Å². The second-order valence-electron chi connectivity index (χ2n) is 5.24. The minimum atomic E-state index is -0.383. The Kier molecular flexibility index (Phi) is 4.93. The molecule has 0 bridgehead atoms. The van der Waals surface area contributed by atoms with Gasteiger partial charge in [-0.05, 0) is 19.4 Å². The third kappa shape index (κ3) is 4.44. The molecule has 1 aromatic heterocycles. The van der Waals surface area contributed by atoms with Crippen LogP contribution < -0.4 is 10.6 Å². The number of carbonyl (C=O) groups excluding carboxylic acids is 2. The highest BCUT2D eigenvalue weighted by molar-refractivity contribution is 5.90. The molecule has 22 heavy (non-hydrogen) atoms. The molecule has 1 heterocycles. The topological polar surface area (TPSA) is 84.2 Å². The van der Waals surface area contributed by atoms with Crippen LogP contribution in [0, 0.1) is 13.8 Å². The van der Waals surface area contributed by atoms with Gasteiger partial charge in [-0.3, -0.25) is 9.59 Å². The first-order valence-corrected chi connectivity index (χ1v) is 7.01. The van der Waals surface area contributed by atoms with E-state index in [4.69, 9.17) is 4.52 Å².